The van der Waals surface area contributed by atoms with Gasteiger partial charge in [-0.05, 0) is 33.6 Å². The summed E-state index contributed by atoms with van der Waals surface area (Å²) < 4.78 is 5.17. The molecule has 0 atom stereocenters. The third-order valence-electron chi connectivity index (χ3n) is 3.56. The van der Waals surface area contributed by atoms with Crippen molar-refractivity contribution in [3.8, 4) is 6.07 Å². The lowest BCUT2D eigenvalue weighted by Gasteiger charge is -2.39. The lowest BCUT2D eigenvalue weighted by molar-refractivity contribution is -0.0663. The summed E-state index contributed by atoms with van der Waals surface area (Å²) in [5.74, 6) is -0.154. The molecule has 2 heterocycles. The lowest BCUT2D eigenvalue weighted by Crippen LogP contribution is -2.41. The largest absolute Gasteiger partial charge is 0.444 e. The van der Waals surface area contributed by atoms with E-state index in [1.807, 2.05) is 0 Å². The summed E-state index contributed by atoms with van der Waals surface area (Å²) in [6, 6.07) is 2.13. The van der Waals surface area contributed by atoms with Crippen LogP contribution < -0.4 is 5.32 Å². The molecule has 0 radical (unpaired) electrons. The van der Waals surface area contributed by atoms with E-state index in [4.69, 9.17) is 10.00 Å². The Hall–Kier alpha value is -2.31. The Morgan fingerprint density at radius 1 is 1.50 bits per heavy atom. The maximum absolute atomic E-state index is 11.8. The number of nitrogens with zero attached hydrogens (tertiary/aromatic N) is 4. The zero-order valence-corrected chi connectivity index (χ0v) is 14.3. The van der Waals surface area contributed by atoms with Crippen molar-refractivity contribution in [3.05, 3.63) is 11.9 Å². The number of rotatable bonds is 2. The SMILES string of the molecule is CC(C)(C)OC(=O)Nc1nc2ncc(C3(O)CC(C#N)C3)nc2s1. The molecule has 0 spiro atoms. The number of carbonyl (C=O) groups excluding carboxylic acids is 1. The zero-order chi connectivity index (χ0) is 17.5. The molecule has 24 heavy (non-hydrogen) atoms. The number of carbonyl (C=O) groups is 1. The first-order valence-electron chi connectivity index (χ1n) is 7.45. The first-order chi connectivity index (χ1) is 11.2. The van der Waals surface area contributed by atoms with Crippen molar-refractivity contribution in [2.75, 3.05) is 5.32 Å². The molecule has 1 aliphatic rings. The Balaban J connectivity index is 1.78. The van der Waals surface area contributed by atoms with E-state index in [1.54, 1.807) is 20.8 Å². The maximum atomic E-state index is 11.8. The molecule has 3 rings (SSSR count). The quantitative estimate of drug-likeness (QED) is 0.856. The molecule has 1 amide bonds. The molecule has 126 valence electrons. The summed E-state index contributed by atoms with van der Waals surface area (Å²) in [5, 5.41) is 22.2. The highest BCUT2D eigenvalue weighted by Gasteiger charge is 2.45. The third-order valence-corrected chi connectivity index (χ3v) is 4.41. The Bertz CT molecular complexity index is 830. The van der Waals surface area contributed by atoms with Gasteiger partial charge < -0.3 is 9.84 Å². The van der Waals surface area contributed by atoms with Crippen LogP contribution in [0.3, 0.4) is 0 Å². The van der Waals surface area contributed by atoms with Gasteiger partial charge in [0.25, 0.3) is 0 Å². The normalized spacial score (nSPS) is 23.4. The van der Waals surface area contributed by atoms with E-state index in [2.05, 4.69) is 26.3 Å². The number of nitrogens with one attached hydrogen (secondary N) is 1. The first-order valence-corrected chi connectivity index (χ1v) is 8.26. The van der Waals surface area contributed by atoms with Crippen molar-refractivity contribution in [3.63, 3.8) is 0 Å². The number of aromatic nitrogens is 3. The highest BCUT2D eigenvalue weighted by Crippen LogP contribution is 2.44. The van der Waals surface area contributed by atoms with Gasteiger partial charge in [-0.3, -0.25) is 5.32 Å². The van der Waals surface area contributed by atoms with Crippen molar-refractivity contribution < 1.29 is 14.6 Å². The van der Waals surface area contributed by atoms with Crippen LogP contribution in [0.15, 0.2) is 6.20 Å². The smallest absolute Gasteiger partial charge is 0.413 e. The van der Waals surface area contributed by atoms with Crippen molar-refractivity contribution in [1.29, 1.82) is 5.26 Å². The highest BCUT2D eigenvalue weighted by atomic mass is 32.1. The topological polar surface area (TPSA) is 121 Å². The second-order valence-electron chi connectivity index (χ2n) is 6.80. The van der Waals surface area contributed by atoms with Crippen LogP contribution in [0.25, 0.3) is 10.5 Å². The van der Waals surface area contributed by atoms with Crippen LogP contribution >= 0.6 is 11.3 Å². The molecule has 2 aromatic heterocycles. The molecule has 1 saturated carbocycles. The van der Waals surface area contributed by atoms with Gasteiger partial charge in [0, 0.05) is 0 Å². The van der Waals surface area contributed by atoms with Crippen molar-refractivity contribution in [2.24, 2.45) is 5.92 Å². The highest BCUT2D eigenvalue weighted by molar-refractivity contribution is 7.21. The van der Waals surface area contributed by atoms with Gasteiger partial charge >= 0.3 is 6.09 Å². The summed E-state index contributed by atoms with van der Waals surface area (Å²) in [7, 11) is 0. The van der Waals surface area contributed by atoms with Crippen molar-refractivity contribution in [1.82, 2.24) is 15.0 Å². The van der Waals surface area contributed by atoms with Gasteiger partial charge in [-0.2, -0.15) is 10.2 Å². The van der Waals surface area contributed by atoms with Gasteiger partial charge in [0.2, 0.25) is 0 Å². The van der Waals surface area contributed by atoms with Crippen LogP contribution in [-0.4, -0.2) is 31.8 Å². The number of aliphatic hydroxyl groups is 1. The van der Waals surface area contributed by atoms with Crippen molar-refractivity contribution in [2.45, 2.75) is 44.8 Å². The molecule has 8 nitrogen and oxygen atoms in total. The number of fused-ring (bicyclic) bond motifs is 1. The average Bonchev–Trinajstić information content (AvgIpc) is 2.82. The van der Waals surface area contributed by atoms with E-state index in [9.17, 15) is 9.90 Å². The molecule has 1 aliphatic carbocycles. The third kappa shape index (κ3) is 3.29. The Morgan fingerprint density at radius 2 is 2.21 bits per heavy atom. The fourth-order valence-corrected chi connectivity index (χ4v) is 3.23. The molecule has 2 N–H and O–H groups in total. The number of hydrogen-bond donors (Lipinski definition) is 2. The van der Waals surface area contributed by atoms with Crippen LogP contribution in [0, 0.1) is 17.2 Å². The second-order valence-corrected chi connectivity index (χ2v) is 7.77. The molecule has 0 aliphatic heterocycles. The van der Waals surface area contributed by atoms with Crippen LogP contribution in [0.2, 0.25) is 0 Å². The van der Waals surface area contributed by atoms with Crippen LogP contribution in [0.4, 0.5) is 9.93 Å². The molecule has 2 aromatic rings. The number of ether oxygens (including phenoxy) is 1. The van der Waals surface area contributed by atoms with Gasteiger partial charge in [0.1, 0.15) is 11.2 Å². The summed E-state index contributed by atoms with van der Waals surface area (Å²) >= 11 is 1.15. The van der Waals surface area contributed by atoms with Gasteiger partial charge in [-0.1, -0.05) is 11.3 Å². The predicted octanol–water partition coefficient (Wildman–Crippen LogP) is 2.55. The van der Waals surface area contributed by atoms with E-state index in [0.717, 1.165) is 11.3 Å². The number of anilines is 1. The molecule has 0 bridgehead atoms. The van der Waals surface area contributed by atoms with E-state index in [0.29, 0.717) is 34.1 Å². The Labute approximate surface area is 142 Å². The molecule has 9 heteroatoms. The summed E-state index contributed by atoms with van der Waals surface area (Å²) in [4.78, 5) is 25.0. The molecular formula is C15H17N5O3S. The minimum Gasteiger partial charge on any atom is -0.444 e. The van der Waals surface area contributed by atoms with E-state index in [-0.39, 0.29) is 5.92 Å². The van der Waals surface area contributed by atoms with E-state index >= 15 is 0 Å². The van der Waals surface area contributed by atoms with Gasteiger partial charge in [-0.15, -0.1) is 0 Å². The Morgan fingerprint density at radius 3 is 2.83 bits per heavy atom. The van der Waals surface area contributed by atoms with Gasteiger partial charge in [0.15, 0.2) is 15.6 Å². The maximum Gasteiger partial charge on any atom is 0.413 e. The molecule has 0 saturated heterocycles. The molecular weight excluding hydrogens is 330 g/mol. The van der Waals surface area contributed by atoms with Crippen LogP contribution in [0.1, 0.15) is 39.3 Å². The lowest BCUT2D eigenvalue weighted by atomic mass is 9.70. The standard InChI is InChI=1S/C15H17N5O3S/c1-14(2,3)23-13(21)20-12-19-10-11(24-12)18-9(7-17-10)15(22)4-8(5-15)6-16/h7-8,22H,4-5H2,1-3H3,(H,17,19,20,21). The zero-order valence-electron chi connectivity index (χ0n) is 13.5. The molecule has 1 fully saturated rings. The van der Waals surface area contributed by atoms with E-state index in [1.165, 1.54) is 6.20 Å². The summed E-state index contributed by atoms with van der Waals surface area (Å²) in [6.45, 7) is 5.32. The number of nitriles is 1. The van der Waals surface area contributed by atoms with Gasteiger partial charge in [0.05, 0.1) is 23.9 Å². The monoisotopic (exact) mass is 347 g/mol. The fourth-order valence-electron chi connectivity index (χ4n) is 2.45. The number of hydrogen-bond acceptors (Lipinski definition) is 8. The Kier molecular flexibility index (Phi) is 3.89. The van der Waals surface area contributed by atoms with Crippen LogP contribution in [-0.2, 0) is 10.3 Å². The number of thiazole rings is 1. The average molecular weight is 347 g/mol. The first kappa shape index (κ1) is 16.5. The summed E-state index contributed by atoms with van der Waals surface area (Å²) in [5.41, 5.74) is -0.900. The minimum atomic E-state index is -1.11. The summed E-state index contributed by atoms with van der Waals surface area (Å²) in [6.07, 6.45) is 1.57. The molecule has 0 aromatic carbocycles. The van der Waals surface area contributed by atoms with Gasteiger partial charge in [-0.25, -0.2) is 14.8 Å². The second kappa shape index (κ2) is 5.65. The molecule has 0 unspecified atom stereocenters. The predicted molar refractivity (Wildman–Crippen MR) is 87.3 cm³/mol. The fraction of sp³-hybridized carbons (Fsp3) is 0.533. The number of amides is 1. The van der Waals surface area contributed by atoms with Crippen LogP contribution in [0.5, 0.6) is 0 Å². The van der Waals surface area contributed by atoms with Crippen molar-refractivity contribution >= 4 is 33.0 Å². The minimum absolute atomic E-state index is 0.154. The van der Waals surface area contributed by atoms with E-state index < -0.39 is 17.3 Å².